The van der Waals surface area contributed by atoms with Crippen LogP contribution in [0, 0.1) is 0 Å². The number of benzene rings is 2. The quantitative estimate of drug-likeness (QED) is 0.614. The number of anilines is 1. The van der Waals surface area contributed by atoms with Gasteiger partial charge in [-0.3, -0.25) is 4.79 Å². The number of carbonyl (C=O) groups excluding carboxylic acids is 1. The van der Waals surface area contributed by atoms with Crippen LogP contribution < -0.4 is 14.8 Å². The van der Waals surface area contributed by atoms with E-state index in [9.17, 15) is 4.79 Å². The van der Waals surface area contributed by atoms with Gasteiger partial charge in [0.25, 0.3) is 0 Å². The molecule has 0 saturated heterocycles. The predicted molar refractivity (Wildman–Crippen MR) is 104 cm³/mol. The molecule has 0 aliphatic heterocycles. The predicted octanol–water partition coefficient (Wildman–Crippen LogP) is 4.70. The van der Waals surface area contributed by atoms with Crippen molar-refractivity contribution in [2.45, 2.75) is 4.34 Å². The minimum absolute atomic E-state index is 0.127. The maximum absolute atomic E-state index is 12.2. The lowest BCUT2D eigenvalue weighted by Gasteiger charge is -2.09. The number of hydrogen-bond acceptors (Lipinski definition) is 6. The summed E-state index contributed by atoms with van der Waals surface area (Å²) in [6.07, 6.45) is 0. The van der Waals surface area contributed by atoms with E-state index in [-0.39, 0.29) is 11.7 Å². The Morgan fingerprint density at radius 3 is 2.60 bits per heavy atom. The first kappa shape index (κ1) is 17.8. The molecule has 0 atom stereocenters. The van der Waals surface area contributed by atoms with Crippen molar-refractivity contribution in [3.8, 4) is 11.5 Å². The highest BCUT2D eigenvalue weighted by atomic mass is 35.5. The fraction of sp³-hybridized carbons (Fsp3) is 0.176. The number of hydrogen-bond donors (Lipinski definition) is 1. The largest absolute Gasteiger partial charge is 0.497 e. The SMILES string of the molecule is COc1cc(NC(=O)CSc2nc3cc(Cl)ccc3s2)cc(OC)c1. The van der Waals surface area contributed by atoms with Crippen LogP contribution in [0.2, 0.25) is 5.02 Å². The Bertz CT molecular complexity index is 892. The van der Waals surface area contributed by atoms with E-state index >= 15 is 0 Å². The fourth-order valence-corrected chi connectivity index (χ4v) is 4.16. The van der Waals surface area contributed by atoms with Gasteiger partial charge in [0.2, 0.25) is 5.91 Å². The van der Waals surface area contributed by atoms with Crippen molar-refractivity contribution in [2.75, 3.05) is 25.3 Å². The first-order valence-corrected chi connectivity index (χ1v) is 9.47. The van der Waals surface area contributed by atoms with E-state index in [1.807, 2.05) is 18.2 Å². The summed E-state index contributed by atoms with van der Waals surface area (Å²) in [5.41, 5.74) is 1.47. The molecule has 5 nitrogen and oxygen atoms in total. The summed E-state index contributed by atoms with van der Waals surface area (Å²) < 4.78 is 12.3. The molecule has 2 aromatic carbocycles. The van der Waals surface area contributed by atoms with Gasteiger partial charge in [-0.2, -0.15) is 0 Å². The number of fused-ring (bicyclic) bond motifs is 1. The van der Waals surface area contributed by atoms with Gasteiger partial charge in [0.15, 0.2) is 4.34 Å². The zero-order valence-electron chi connectivity index (χ0n) is 13.5. The molecular formula is C17H15ClN2O3S2. The number of thioether (sulfide) groups is 1. The molecule has 1 amide bonds. The molecule has 0 saturated carbocycles. The summed E-state index contributed by atoms with van der Waals surface area (Å²) in [5, 5.41) is 3.49. The standard InChI is InChI=1S/C17H15ClN2O3S2/c1-22-12-6-11(7-13(8-12)23-2)19-16(21)9-24-17-20-14-5-10(18)3-4-15(14)25-17/h3-8H,9H2,1-2H3,(H,19,21). The van der Waals surface area contributed by atoms with Gasteiger partial charge in [-0.05, 0) is 18.2 Å². The van der Waals surface area contributed by atoms with Crippen molar-refractivity contribution >= 4 is 56.5 Å². The molecule has 1 aromatic heterocycles. The topological polar surface area (TPSA) is 60.5 Å². The molecule has 130 valence electrons. The molecule has 25 heavy (non-hydrogen) atoms. The Morgan fingerprint density at radius 1 is 1.20 bits per heavy atom. The average Bonchev–Trinajstić information content (AvgIpc) is 3.01. The van der Waals surface area contributed by atoms with Crippen molar-refractivity contribution < 1.29 is 14.3 Å². The molecule has 0 spiro atoms. The summed E-state index contributed by atoms with van der Waals surface area (Å²) in [5.74, 6) is 1.36. The van der Waals surface area contributed by atoms with Crippen LogP contribution in [-0.2, 0) is 4.79 Å². The molecule has 8 heteroatoms. The smallest absolute Gasteiger partial charge is 0.234 e. The van der Waals surface area contributed by atoms with Crippen LogP contribution in [-0.4, -0.2) is 30.9 Å². The van der Waals surface area contributed by atoms with Crippen molar-refractivity contribution in [1.82, 2.24) is 4.98 Å². The van der Waals surface area contributed by atoms with Crippen LogP contribution in [0.15, 0.2) is 40.7 Å². The lowest BCUT2D eigenvalue weighted by atomic mass is 10.2. The number of thiazole rings is 1. The summed E-state index contributed by atoms with van der Waals surface area (Å²) in [6.45, 7) is 0. The minimum Gasteiger partial charge on any atom is -0.497 e. The van der Waals surface area contributed by atoms with Gasteiger partial charge in [0.05, 0.1) is 30.2 Å². The molecule has 0 unspecified atom stereocenters. The Balaban J connectivity index is 1.64. The van der Waals surface area contributed by atoms with Crippen LogP contribution in [0.25, 0.3) is 10.2 Å². The van der Waals surface area contributed by atoms with Gasteiger partial charge < -0.3 is 14.8 Å². The summed E-state index contributed by atoms with van der Waals surface area (Å²) in [6, 6.07) is 10.8. The van der Waals surface area contributed by atoms with Crippen molar-refractivity contribution in [3.63, 3.8) is 0 Å². The number of ether oxygens (including phenoxy) is 2. The van der Waals surface area contributed by atoms with E-state index in [1.54, 1.807) is 32.4 Å². The summed E-state index contributed by atoms with van der Waals surface area (Å²) >= 11 is 8.90. The Hall–Kier alpha value is -1.96. The molecule has 0 aliphatic carbocycles. The van der Waals surface area contributed by atoms with Crippen molar-refractivity contribution in [3.05, 3.63) is 41.4 Å². The molecule has 3 rings (SSSR count). The number of nitrogens with zero attached hydrogens (tertiary/aromatic N) is 1. The van der Waals surface area contributed by atoms with Crippen molar-refractivity contribution in [2.24, 2.45) is 0 Å². The third kappa shape index (κ3) is 4.56. The van der Waals surface area contributed by atoms with Gasteiger partial charge in [0, 0.05) is 28.9 Å². The minimum atomic E-state index is -0.127. The van der Waals surface area contributed by atoms with E-state index in [4.69, 9.17) is 21.1 Å². The van der Waals surface area contributed by atoms with Gasteiger partial charge >= 0.3 is 0 Å². The van der Waals surface area contributed by atoms with Crippen LogP contribution in [0.5, 0.6) is 11.5 Å². The third-order valence-electron chi connectivity index (χ3n) is 3.29. The number of carbonyl (C=O) groups is 1. The normalized spacial score (nSPS) is 10.7. The monoisotopic (exact) mass is 394 g/mol. The zero-order chi connectivity index (χ0) is 17.8. The van der Waals surface area contributed by atoms with E-state index in [0.29, 0.717) is 22.2 Å². The van der Waals surface area contributed by atoms with Gasteiger partial charge in [-0.1, -0.05) is 23.4 Å². The molecule has 0 aliphatic rings. The summed E-state index contributed by atoms with van der Waals surface area (Å²) in [4.78, 5) is 16.7. The first-order chi connectivity index (χ1) is 12.1. The number of nitrogens with one attached hydrogen (secondary N) is 1. The zero-order valence-corrected chi connectivity index (χ0v) is 15.9. The van der Waals surface area contributed by atoms with E-state index < -0.39 is 0 Å². The number of methoxy groups -OCH3 is 2. The Labute approximate surface area is 158 Å². The average molecular weight is 395 g/mol. The highest BCUT2D eigenvalue weighted by Gasteiger charge is 2.10. The highest BCUT2D eigenvalue weighted by molar-refractivity contribution is 8.01. The van der Waals surface area contributed by atoms with Gasteiger partial charge in [-0.25, -0.2) is 4.98 Å². The number of aromatic nitrogens is 1. The van der Waals surface area contributed by atoms with Gasteiger partial charge in [-0.15, -0.1) is 11.3 Å². The second kappa shape index (κ2) is 7.95. The number of amides is 1. The molecule has 1 N–H and O–H groups in total. The summed E-state index contributed by atoms with van der Waals surface area (Å²) in [7, 11) is 3.13. The van der Waals surface area contributed by atoms with Gasteiger partial charge in [0.1, 0.15) is 11.5 Å². The Kier molecular flexibility index (Phi) is 5.67. The molecule has 0 bridgehead atoms. The second-order valence-corrected chi connectivity index (χ2v) is 7.72. The second-order valence-electron chi connectivity index (χ2n) is 5.03. The number of halogens is 1. The fourth-order valence-electron chi connectivity index (χ4n) is 2.15. The maximum Gasteiger partial charge on any atom is 0.234 e. The van der Waals surface area contributed by atoms with Crippen LogP contribution in [0.3, 0.4) is 0 Å². The maximum atomic E-state index is 12.2. The third-order valence-corrected chi connectivity index (χ3v) is 5.71. The number of rotatable bonds is 6. The van der Waals surface area contributed by atoms with Crippen LogP contribution in [0.1, 0.15) is 0 Å². The molecule has 0 fully saturated rings. The molecule has 1 heterocycles. The van der Waals surface area contributed by atoms with Crippen molar-refractivity contribution in [1.29, 1.82) is 0 Å². The molecular weight excluding hydrogens is 380 g/mol. The lowest BCUT2D eigenvalue weighted by molar-refractivity contribution is -0.113. The Morgan fingerprint density at radius 2 is 1.92 bits per heavy atom. The lowest BCUT2D eigenvalue weighted by Crippen LogP contribution is -2.14. The van der Waals surface area contributed by atoms with Crippen LogP contribution >= 0.6 is 34.7 Å². The van der Waals surface area contributed by atoms with E-state index in [2.05, 4.69) is 10.3 Å². The molecule has 0 radical (unpaired) electrons. The first-order valence-electron chi connectivity index (χ1n) is 7.29. The van der Waals surface area contributed by atoms with Crippen LogP contribution in [0.4, 0.5) is 5.69 Å². The molecule has 3 aromatic rings. The van der Waals surface area contributed by atoms with E-state index in [1.165, 1.54) is 23.1 Å². The van der Waals surface area contributed by atoms with E-state index in [0.717, 1.165) is 14.6 Å². The highest BCUT2D eigenvalue weighted by Crippen LogP contribution is 2.31.